The van der Waals surface area contributed by atoms with Crippen molar-refractivity contribution in [2.75, 3.05) is 13.2 Å². The Kier molecular flexibility index (Phi) is 6.64. The number of aliphatic hydroxyl groups excluding tert-OH is 1. The maximum absolute atomic E-state index is 12.2. The summed E-state index contributed by atoms with van der Waals surface area (Å²) < 4.78 is 27.5. The molecular formula is C14H25NO3S2. The highest BCUT2D eigenvalue weighted by Gasteiger charge is 2.22. The Morgan fingerprint density at radius 1 is 1.20 bits per heavy atom. The van der Waals surface area contributed by atoms with Gasteiger partial charge in [0.2, 0.25) is 10.0 Å². The summed E-state index contributed by atoms with van der Waals surface area (Å²) in [5.74, 6) is 1.19. The summed E-state index contributed by atoms with van der Waals surface area (Å²) in [6.07, 6.45) is 0.501. The van der Waals surface area contributed by atoms with Gasteiger partial charge in [-0.3, -0.25) is 0 Å². The van der Waals surface area contributed by atoms with Gasteiger partial charge < -0.3 is 5.11 Å². The van der Waals surface area contributed by atoms with E-state index in [9.17, 15) is 8.42 Å². The van der Waals surface area contributed by atoms with E-state index >= 15 is 0 Å². The van der Waals surface area contributed by atoms with Crippen LogP contribution in [-0.4, -0.2) is 26.7 Å². The van der Waals surface area contributed by atoms with E-state index in [2.05, 4.69) is 32.4 Å². The smallest absolute Gasteiger partial charge is 0.250 e. The SMILES string of the molecule is CC(C)C(CNS(=O)(=O)c1ccc(CCO)s1)C(C)C. The molecule has 0 aliphatic rings. The van der Waals surface area contributed by atoms with Gasteiger partial charge in [0.05, 0.1) is 0 Å². The second kappa shape index (κ2) is 7.54. The second-order valence-corrected chi connectivity index (χ2v) is 8.86. The predicted octanol–water partition coefficient (Wildman–Crippen LogP) is 2.49. The average molecular weight is 319 g/mol. The summed E-state index contributed by atoms with van der Waals surface area (Å²) in [6.45, 7) is 8.96. The first-order valence-electron chi connectivity index (χ1n) is 6.97. The van der Waals surface area contributed by atoms with E-state index in [1.165, 1.54) is 11.3 Å². The fourth-order valence-electron chi connectivity index (χ4n) is 2.27. The predicted molar refractivity (Wildman–Crippen MR) is 83.5 cm³/mol. The molecule has 0 spiro atoms. The third kappa shape index (κ3) is 4.84. The third-order valence-electron chi connectivity index (χ3n) is 3.48. The maximum Gasteiger partial charge on any atom is 0.250 e. The van der Waals surface area contributed by atoms with Gasteiger partial charge in [0, 0.05) is 24.4 Å². The Balaban J connectivity index is 2.73. The van der Waals surface area contributed by atoms with Crippen LogP contribution in [0.25, 0.3) is 0 Å². The van der Waals surface area contributed by atoms with Crippen LogP contribution in [0.4, 0.5) is 0 Å². The lowest BCUT2D eigenvalue weighted by atomic mass is 9.86. The highest BCUT2D eigenvalue weighted by atomic mass is 32.2. The fourth-order valence-corrected chi connectivity index (χ4v) is 4.73. The van der Waals surface area contributed by atoms with Crippen molar-refractivity contribution in [3.63, 3.8) is 0 Å². The lowest BCUT2D eigenvalue weighted by molar-refractivity contribution is 0.289. The van der Waals surface area contributed by atoms with Crippen LogP contribution in [0.15, 0.2) is 16.3 Å². The quantitative estimate of drug-likeness (QED) is 0.773. The Morgan fingerprint density at radius 2 is 1.80 bits per heavy atom. The van der Waals surface area contributed by atoms with Crippen molar-refractivity contribution in [2.24, 2.45) is 17.8 Å². The summed E-state index contributed by atoms with van der Waals surface area (Å²) in [4.78, 5) is 0.886. The molecule has 0 saturated carbocycles. The van der Waals surface area contributed by atoms with Crippen molar-refractivity contribution in [3.8, 4) is 0 Å². The van der Waals surface area contributed by atoms with Crippen molar-refractivity contribution >= 4 is 21.4 Å². The minimum absolute atomic E-state index is 0.0379. The normalized spacial score (nSPS) is 12.8. The molecule has 116 valence electrons. The molecule has 0 unspecified atom stereocenters. The van der Waals surface area contributed by atoms with Crippen molar-refractivity contribution in [2.45, 2.75) is 38.3 Å². The molecule has 1 rings (SSSR count). The Morgan fingerprint density at radius 3 is 2.30 bits per heavy atom. The molecule has 0 amide bonds. The van der Waals surface area contributed by atoms with Gasteiger partial charge in [0.1, 0.15) is 4.21 Å². The summed E-state index contributed by atoms with van der Waals surface area (Å²) in [5.41, 5.74) is 0. The summed E-state index contributed by atoms with van der Waals surface area (Å²) >= 11 is 1.22. The van der Waals surface area contributed by atoms with E-state index < -0.39 is 10.0 Å². The van der Waals surface area contributed by atoms with E-state index in [0.717, 1.165) is 4.88 Å². The molecule has 1 heterocycles. The molecule has 1 aromatic rings. The van der Waals surface area contributed by atoms with E-state index in [-0.39, 0.29) is 6.61 Å². The first-order valence-corrected chi connectivity index (χ1v) is 9.27. The van der Waals surface area contributed by atoms with Crippen molar-refractivity contribution in [3.05, 3.63) is 17.0 Å². The molecular weight excluding hydrogens is 294 g/mol. The molecule has 0 atom stereocenters. The molecule has 0 aromatic carbocycles. The van der Waals surface area contributed by atoms with Crippen LogP contribution in [-0.2, 0) is 16.4 Å². The first kappa shape index (κ1) is 17.6. The molecule has 4 nitrogen and oxygen atoms in total. The zero-order valence-corrected chi connectivity index (χ0v) is 14.2. The van der Waals surface area contributed by atoms with Gasteiger partial charge in [-0.1, -0.05) is 27.7 Å². The lowest BCUT2D eigenvalue weighted by Crippen LogP contribution is -2.33. The number of thiophene rings is 1. The van der Waals surface area contributed by atoms with Crippen LogP contribution in [0.1, 0.15) is 32.6 Å². The van der Waals surface area contributed by atoms with Gasteiger partial charge >= 0.3 is 0 Å². The monoisotopic (exact) mass is 319 g/mol. The van der Waals surface area contributed by atoms with Gasteiger partial charge in [-0.2, -0.15) is 0 Å². The number of aliphatic hydroxyl groups is 1. The average Bonchev–Trinajstić information content (AvgIpc) is 2.78. The Bertz CT molecular complexity index is 498. The second-order valence-electron chi connectivity index (χ2n) is 5.70. The van der Waals surface area contributed by atoms with Gasteiger partial charge in [-0.05, 0) is 29.9 Å². The number of nitrogens with one attached hydrogen (secondary N) is 1. The van der Waals surface area contributed by atoms with Crippen molar-refractivity contribution in [1.29, 1.82) is 0 Å². The number of hydrogen-bond acceptors (Lipinski definition) is 4. The molecule has 2 N–H and O–H groups in total. The zero-order chi connectivity index (χ0) is 15.3. The first-order chi connectivity index (χ1) is 9.27. The van der Waals surface area contributed by atoms with Gasteiger partial charge in [-0.15, -0.1) is 11.3 Å². The standard InChI is InChI=1S/C14H25NO3S2/c1-10(2)13(11(3)4)9-15-20(17,18)14-6-5-12(19-14)7-8-16/h5-6,10-11,13,15-16H,7-9H2,1-4H3. The van der Waals surface area contributed by atoms with Crippen LogP contribution in [0.5, 0.6) is 0 Å². The molecule has 6 heteroatoms. The summed E-state index contributed by atoms with van der Waals surface area (Å²) in [6, 6.07) is 3.37. The molecule has 0 aliphatic heterocycles. The van der Waals surface area contributed by atoms with E-state index in [1.54, 1.807) is 12.1 Å². The Labute approximate surface area is 126 Å². The minimum Gasteiger partial charge on any atom is -0.396 e. The van der Waals surface area contributed by atoms with E-state index in [1.807, 2.05) is 0 Å². The number of hydrogen-bond donors (Lipinski definition) is 2. The molecule has 20 heavy (non-hydrogen) atoms. The van der Waals surface area contributed by atoms with Crippen molar-refractivity contribution in [1.82, 2.24) is 4.72 Å². The number of sulfonamides is 1. The maximum atomic E-state index is 12.2. The minimum atomic E-state index is -3.43. The zero-order valence-electron chi connectivity index (χ0n) is 12.6. The topological polar surface area (TPSA) is 66.4 Å². The van der Waals surface area contributed by atoms with Crippen LogP contribution < -0.4 is 4.72 Å². The van der Waals surface area contributed by atoms with Crippen LogP contribution in [0.3, 0.4) is 0 Å². The summed E-state index contributed by atoms with van der Waals surface area (Å²) in [7, 11) is -3.43. The highest BCUT2D eigenvalue weighted by Crippen LogP contribution is 2.24. The molecule has 0 bridgehead atoms. The van der Waals surface area contributed by atoms with Crippen LogP contribution >= 0.6 is 11.3 Å². The molecule has 0 aliphatic carbocycles. The van der Waals surface area contributed by atoms with Gasteiger partial charge in [0.15, 0.2) is 0 Å². The third-order valence-corrected chi connectivity index (χ3v) is 6.54. The Hall–Kier alpha value is -0.430. The largest absolute Gasteiger partial charge is 0.396 e. The highest BCUT2D eigenvalue weighted by molar-refractivity contribution is 7.91. The van der Waals surface area contributed by atoms with Gasteiger partial charge in [0.25, 0.3) is 0 Å². The number of rotatable bonds is 8. The molecule has 1 aromatic heterocycles. The molecule has 0 radical (unpaired) electrons. The van der Waals surface area contributed by atoms with E-state index in [4.69, 9.17) is 5.11 Å². The molecule has 0 fully saturated rings. The lowest BCUT2D eigenvalue weighted by Gasteiger charge is -2.24. The fraction of sp³-hybridized carbons (Fsp3) is 0.714. The van der Waals surface area contributed by atoms with E-state index in [0.29, 0.717) is 34.9 Å². The van der Waals surface area contributed by atoms with Gasteiger partial charge in [-0.25, -0.2) is 13.1 Å². The van der Waals surface area contributed by atoms with Crippen LogP contribution in [0.2, 0.25) is 0 Å². The van der Waals surface area contributed by atoms with Crippen molar-refractivity contribution < 1.29 is 13.5 Å². The molecule has 0 saturated heterocycles. The summed E-state index contributed by atoms with van der Waals surface area (Å²) in [5, 5.41) is 8.87. The van der Waals surface area contributed by atoms with Crippen LogP contribution in [0, 0.1) is 17.8 Å².